The predicted octanol–water partition coefficient (Wildman–Crippen LogP) is 3.68. The lowest BCUT2D eigenvalue weighted by atomic mass is 10.1. The smallest absolute Gasteiger partial charge is 0.337 e. The van der Waals surface area contributed by atoms with Gasteiger partial charge < -0.3 is 15.1 Å². The van der Waals surface area contributed by atoms with Crippen LogP contribution in [-0.4, -0.2) is 24.8 Å². The lowest BCUT2D eigenvalue weighted by Crippen LogP contribution is -2.01. The van der Waals surface area contributed by atoms with Crippen LogP contribution in [0.1, 0.15) is 35.5 Å². The highest BCUT2D eigenvalue weighted by molar-refractivity contribution is 5.89. The van der Waals surface area contributed by atoms with Crippen molar-refractivity contribution in [3.63, 3.8) is 0 Å². The SMILES string of the molecule is C=N.CC.COC(=O)c1ccc(Cc2ccc[nH]2)cc1. The first kappa shape index (κ1) is 17.6. The van der Waals surface area contributed by atoms with Crippen LogP contribution in [0, 0.1) is 5.41 Å². The molecule has 0 aliphatic carbocycles. The van der Waals surface area contributed by atoms with Gasteiger partial charge in [0.05, 0.1) is 12.7 Å². The first-order valence-electron chi connectivity index (χ1n) is 6.44. The van der Waals surface area contributed by atoms with Gasteiger partial charge in [0, 0.05) is 18.3 Å². The number of hydrogen-bond donors (Lipinski definition) is 2. The van der Waals surface area contributed by atoms with Crippen molar-refractivity contribution in [3.8, 4) is 0 Å². The van der Waals surface area contributed by atoms with Crippen molar-refractivity contribution in [2.75, 3.05) is 7.11 Å². The molecule has 1 heterocycles. The van der Waals surface area contributed by atoms with Gasteiger partial charge in [0.2, 0.25) is 0 Å². The molecule has 0 unspecified atom stereocenters. The van der Waals surface area contributed by atoms with Crippen LogP contribution in [0.2, 0.25) is 0 Å². The Morgan fingerprint density at radius 2 is 1.80 bits per heavy atom. The Labute approximate surface area is 120 Å². The van der Waals surface area contributed by atoms with Gasteiger partial charge in [-0.25, -0.2) is 4.79 Å². The van der Waals surface area contributed by atoms with E-state index in [9.17, 15) is 4.79 Å². The summed E-state index contributed by atoms with van der Waals surface area (Å²) in [6.07, 6.45) is 2.74. The van der Waals surface area contributed by atoms with Gasteiger partial charge in [-0.15, -0.1) is 0 Å². The molecule has 0 radical (unpaired) electrons. The number of esters is 1. The van der Waals surface area contributed by atoms with Crippen molar-refractivity contribution in [2.45, 2.75) is 20.3 Å². The highest BCUT2D eigenvalue weighted by Crippen LogP contribution is 2.10. The number of nitrogens with one attached hydrogen (secondary N) is 2. The Kier molecular flexibility index (Phi) is 9.31. The number of benzene rings is 1. The molecule has 2 N–H and O–H groups in total. The molecule has 0 amide bonds. The van der Waals surface area contributed by atoms with Crippen LogP contribution < -0.4 is 0 Å². The summed E-state index contributed by atoms with van der Waals surface area (Å²) in [7, 11) is 1.38. The number of H-pyrrole nitrogens is 1. The highest BCUT2D eigenvalue weighted by atomic mass is 16.5. The fourth-order valence-corrected chi connectivity index (χ4v) is 1.57. The minimum Gasteiger partial charge on any atom is -0.465 e. The number of rotatable bonds is 3. The van der Waals surface area contributed by atoms with Crippen LogP contribution in [0.4, 0.5) is 0 Å². The zero-order valence-electron chi connectivity index (χ0n) is 12.3. The van der Waals surface area contributed by atoms with E-state index in [0.717, 1.165) is 17.7 Å². The number of aromatic amines is 1. The van der Waals surface area contributed by atoms with E-state index in [1.54, 1.807) is 12.1 Å². The molecule has 0 bridgehead atoms. The van der Waals surface area contributed by atoms with Crippen LogP contribution in [0.5, 0.6) is 0 Å². The minimum atomic E-state index is -0.300. The molecule has 1 aromatic heterocycles. The van der Waals surface area contributed by atoms with Crippen molar-refractivity contribution < 1.29 is 9.53 Å². The van der Waals surface area contributed by atoms with E-state index in [-0.39, 0.29) is 5.97 Å². The van der Waals surface area contributed by atoms with Gasteiger partial charge in [-0.3, -0.25) is 0 Å². The van der Waals surface area contributed by atoms with Gasteiger partial charge in [-0.05, 0) is 36.5 Å². The van der Waals surface area contributed by atoms with Gasteiger partial charge in [-0.2, -0.15) is 0 Å². The van der Waals surface area contributed by atoms with E-state index in [4.69, 9.17) is 5.41 Å². The van der Waals surface area contributed by atoms with Gasteiger partial charge in [0.15, 0.2) is 0 Å². The Balaban J connectivity index is 0.000000829. The van der Waals surface area contributed by atoms with Crippen LogP contribution in [-0.2, 0) is 11.2 Å². The largest absolute Gasteiger partial charge is 0.465 e. The normalized spacial score (nSPS) is 8.55. The van der Waals surface area contributed by atoms with Crippen LogP contribution in [0.25, 0.3) is 0 Å². The average Bonchev–Trinajstić information content (AvgIpc) is 3.04. The molecule has 108 valence electrons. The second-order valence-corrected chi connectivity index (χ2v) is 3.56. The summed E-state index contributed by atoms with van der Waals surface area (Å²) in [5.74, 6) is -0.300. The van der Waals surface area contributed by atoms with Crippen LogP contribution in [0.15, 0.2) is 42.6 Å². The Bertz CT molecular complexity index is 476. The monoisotopic (exact) mass is 274 g/mol. The van der Waals surface area contributed by atoms with E-state index >= 15 is 0 Å². The molecule has 0 saturated heterocycles. The maximum Gasteiger partial charge on any atom is 0.337 e. The molecule has 0 aliphatic rings. The van der Waals surface area contributed by atoms with Crippen molar-refractivity contribution in [2.24, 2.45) is 0 Å². The summed E-state index contributed by atoms with van der Waals surface area (Å²) < 4.78 is 4.64. The zero-order valence-corrected chi connectivity index (χ0v) is 12.3. The Morgan fingerprint density at radius 1 is 1.20 bits per heavy atom. The fourth-order valence-electron chi connectivity index (χ4n) is 1.57. The summed E-state index contributed by atoms with van der Waals surface area (Å²) >= 11 is 0. The number of ether oxygens (including phenoxy) is 1. The number of carbonyl (C=O) groups excluding carboxylic acids is 1. The first-order chi connectivity index (χ1) is 9.79. The standard InChI is InChI=1S/C13H13NO2.C2H6.CH3N/c1-16-13(15)11-6-4-10(5-7-11)9-12-3-2-8-14-12;2*1-2/h2-8,14H,9H2,1H3;1-2H3;2H,1H2. The van der Waals surface area contributed by atoms with E-state index in [1.807, 2.05) is 44.3 Å². The lowest BCUT2D eigenvalue weighted by Gasteiger charge is -2.02. The summed E-state index contributed by atoms with van der Waals surface area (Å²) in [4.78, 5) is 14.4. The van der Waals surface area contributed by atoms with Gasteiger partial charge >= 0.3 is 5.97 Å². The topological polar surface area (TPSA) is 65.9 Å². The molecule has 0 spiro atoms. The van der Waals surface area contributed by atoms with Crippen molar-refractivity contribution in [3.05, 3.63) is 59.4 Å². The molecule has 2 aromatic rings. The molecule has 0 saturated carbocycles. The quantitative estimate of drug-likeness (QED) is 0.662. The third-order valence-corrected chi connectivity index (χ3v) is 2.43. The first-order valence-corrected chi connectivity index (χ1v) is 6.44. The maximum absolute atomic E-state index is 11.2. The predicted molar refractivity (Wildman–Crippen MR) is 82.6 cm³/mol. The third-order valence-electron chi connectivity index (χ3n) is 2.43. The Hall–Kier alpha value is -2.36. The second kappa shape index (κ2) is 10.6. The lowest BCUT2D eigenvalue weighted by molar-refractivity contribution is 0.0600. The molecule has 2 rings (SSSR count). The summed E-state index contributed by atoms with van der Waals surface area (Å²) in [5, 5.41) is 5.50. The number of carbonyl (C=O) groups is 1. The fraction of sp³-hybridized carbons (Fsp3) is 0.250. The molecule has 0 atom stereocenters. The van der Waals surface area contributed by atoms with E-state index in [2.05, 4.69) is 16.4 Å². The Morgan fingerprint density at radius 3 is 2.25 bits per heavy atom. The van der Waals surface area contributed by atoms with E-state index in [1.165, 1.54) is 7.11 Å². The number of aromatic nitrogens is 1. The van der Waals surface area contributed by atoms with Crippen molar-refractivity contribution in [1.82, 2.24) is 4.98 Å². The minimum absolute atomic E-state index is 0.300. The molecular formula is C16H22N2O2. The van der Waals surface area contributed by atoms with Crippen molar-refractivity contribution >= 4 is 12.7 Å². The van der Waals surface area contributed by atoms with Gasteiger partial charge in [0.1, 0.15) is 0 Å². The molecular weight excluding hydrogens is 252 g/mol. The highest BCUT2D eigenvalue weighted by Gasteiger charge is 2.04. The third kappa shape index (κ3) is 5.52. The molecule has 4 nitrogen and oxygen atoms in total. The molecule has 4 heteroatoms. The molecule has 0 aliphatic heterocycles. The molecule has 20 heavy (non-hydrogen) atoms. The summed E-state index contributed by atoms with van der Waals surface area (Å²) in [6.45, 7) is 6.50. The van der Waals surface area contributed by atoms with Gasteiger partial charge in [0.25, 0.3) is 0 Å². The van der Waals surface area contributed by atoms with E-state index < -0.39 is 0 Å². The maximum atomic E-state index is 11.2. The molecule has 0 fully saturated rings. The number of hydrogen-bond acceptors (Lipinski definition) is 3. The van der Waals surface area contributed by atoms with Crippen molar-refractivity contribution in [1.29, 1.82) is 5.41 Å². The second-order valence-electron chi connectivity index (χ2n) is 3.56. The number of methoxy groups -OCH3 is 1. The van der Waals surface area contributed by atoms with Gasteiger partial charge in [-0.1, -0.05) is 26.0 Å². The summed E-state index contributed by atoms with van der Waals surface area (Å²) in [5.41, 5.74) is 2.90. The average molecular weight is 274 g/mol. The van der Waals surface area contributed by atoms with Crippen LogP contribution >= 0.6 is 0 Å². The van der Waals surface area contributed by atoms with Crippen LogP contribution in [0.3, 0.4) is 0 Å². The summed E-state index contributed by atoms with van der Waals surface area (Å²) in [6, 6.07) is 11.4. The van der Waals surface area contributed by atoms with E-state index in [0.29, 0.717) is 5.56 Å². The zero-order chi connectivity index (χ0) is 15.4. The molecule has 1 aromatic carbocycles.